The molecule has 0 saturated heterocycles. The number of hydrogen-bond acceptors (Lipinski definition) is 5. The van der Waals surface area contributed by atoms with Gasteiger partial charge in [-0.2, -0.15) is 0 Å². The summed E-state index contributed by atoms with van der Waals surface area (Å²) in [6.07, 6.45) is 9.69. The van der Waals surface area contributed by atoms with E-state index >= 15 is 0 Å². The number of carbonyl (C=O) groups is 2. The molecule has 0 bridgehead atoms. The zero-order chi connectivity index (χ0) is 23.1. The molecule has 0 amide bonds. The molecule has 1 aliphatic rings. The van der Waals surface area contributed by atoms with Crippen molar-refractivity contribution in [3.8, 4) is 0 Å². The Morgan fingerprint density at radius 1 is 1.31 bits per heavy atom. The number of aliphatic carboxylic acids is 1. The minimum absolute atomic E-state index is 0.0716. The maximum Gasteiger partial charge on any atom is 0.303 e. The number of carbonyl (C=O) groups excluding carboxylic acids is 1. The summed E-state index contributed by atoms with van der Waals surface area (Å²) in [5.74, 6) is -1.11. The second-order valence-electron chi connectivity index (χ2n) is 8.84. The fourth-order valence-corrected chi connectivity index (χ4v) is 5.70. The molecule has 172 valence electrons. The highest BCUT2D eigenvalue weighted by Crippen LogP contribution is 2.48. The molecular weight excluding hydrogens is 424 g/mol. The molecule has 5 nitrogen and oxygen atoms in total. The highest BCUT2D eigenvalue weighted by Gasteiger charge is 2.49. The van der Waals surface area contributed by atoms with Crippen LogP contribution in [0.1, 0.15) is 43.9 Å². The molecule has 0 aliphatic heterocycles. The molecule has 1 fully saturated rings. The van der Waals surface area contributed by atoms with Gasteiger partial charge >= 0.3 is 5.97 Å². The molecule has 1 aromatic heterocycles. The standard InChI is InChI=1S/C26H32O5S/c1-26(13-12-20(28)16-21-14-18-8-6-7-10-24(18)32-21)19(17-27)15-23(29)22(26)9-4-2-3-5-11-25(30)31/h2,4,6-8,10,12-14,19-20,22,27-28H,3,5,9,11,15-17H2,1H3,(H,30,31)/b4-2-,13-12+/t19-,20?,22-,26?/m0/s1. The largest absolute Gasteiger partial charge is 0.481 e. The number of carboxylic acid groups (broad SMARTS) is 1. The number of allylic oxidation sites excluding steroid dienone is 3. The summed E-state index contributed by atoms with van der Waals surface area (Å²) < 4.78 is 1.20. The summed E-state index contributed by atoms with van der Waals surface area (Å²) in [7, 11) is 0. The van der Waals surface area contributed by atoms with Gasteiger partial charge in [0, 0.05) is 46.8 Å². The minimum Gasteiger partial charge on any atom is -0.481 e. The number of aliphatic hydroxyl groups excluding tert-OH is 2. The lowest BCUT2D eigenvalue weighted by Gasteiger charge is -2.32. The zero-order valence-corrected chi connectivity index (χ0v) is 19.3. The number of unbranched alkanes of at least 4 members (excludes halogenated alkanes) is 1. The molecule has 0 radical (unpaired) electrons. The lowest BCUT2D eigenvalue weighted by molar-refractivity contribution is -0.137. The number of ketones is 1. The molecule has 2 unspecified atom stereocenters. The molecule has 32 heavy (non-hydrogen) atoms. The van der Waals surface area contributed by atoms with Gasteiger partial charge in [0.1, 0.15) is 5.78 Å². The van der Waals surface area contributed by atoms with Gasteiger partial charge < -0.3 is 15.3 Å². The summed E-state index contributed by atoms with van der Waals surface area (Å²) in [6.45, 7) is 1.92. The molecule has 0 spiro atoms. The van der Waals surface area contributed by atoms with E-state index in [1.807, 2.05) is 37.3 Å². The monoisotopic (exact) mass is 456 g/mol. The predicted octanol–water partition coefficient (Wildman–Crippen LogP) is 4.77. The lowest BCUT2D eigenvalue weighted by Crippen LogP contribution is -2.30. The number of rotatable bonds is 11. The molecule has 3 N–H and O–H groups in total. The maximum absolute atomic E-state index is 12.7. The van der Waals surface area contributed by atoms with Crippen molar-refractivity contribution in [2.45, 2.75) is 51.6 Å². The van der Waals surface area contributed by atoms with E-state index in [1.165, 1.54) is 10.1 Å². The number of aliphatic hydroxyl groups is 2. The molecule has 1 aromatic carbocycles. The average molecular weight is 457 g/mol. The van der Waals surface area contributed by atoms with Crippen LogP contribution < -0.4 is 0 Å². The second kappa shape index (κ2) is 11.0. The molecule has 1 aliphatic carbocycles. The van der Waals surface area contributed by atoms with Gasteiger partial charge in [-0.1, -0.05) is 49.4 Å². The SMILES string of the molecule is CC1(/C=C/C(O)Cc2cc3ccccc3s2)[C@H](CO)CC(=O)[C@@H]1C/C=C\CCCC(=O)O. The smallest absolute Gasteiger partial charge is 0.303 e. The van der Waals surface area contributed by atoms with Crippen LogP contribution in [0.3, 0.4) is 0 Å². The number of fused-ring (bicyclic) bond motifs is 1. The summed E-state index contributed by atoms with van der Waals surface area (Å²) >= 11 is 1.67. The van der Waals surface area contributed by atoms with Gasteiger partial charge in [-0.15, -0.1) is 11.3 Å². The highest BCUT2D eigenvalue weighted by atomic mass is 32.1. The first kappa shape index (κ1) is 24.4. The normalized spacial score (nSPS) is 24.8. The topological polar surface area (TPSA) is 94.8 Å². The van der Waals surface area contributed by atoms with Crippen LogP contribution >= 0.6 is 11.3 Å². The van der Waals surface area contributed by atoms with E-state index in [-0.39, 0.29) is 30.6 Å². The maximum atomic E-state index is 12.7. The summed E-state index contributed by atoms with van der Waals surface area (Å²) in [4.78, 5) is 24.4. The van der Waals surface area contributed by atoms with Crippen LogP contribution in [0.15, 0.2) is 54.6 Å². The highest BCUT2D eigenvalue weighted by molar-refractivity contribution is 7.19. The van der Waals surface area contributed by atoms with Crippen LogP contribution in [0, 0.1) is 17.3 Å². The molecule has 6 heteroatoms. The van der Waals surface area contributed by atoms with E-state index in [9.17, 15) is 19.8 Å². The molecule has 3 rings (SSSR count). The Hall–Kier alpha value is -2.28. The van der Waals surface area contributed by atoms with Gasteiger partial charge in [-0.25, -0.2) is 0 Å². The van der Waals surface area contributed by atoms with E-state index < -0.39 is 17.5 Å². The fourth-order valence-electron chi connectivity index (χ4n) is 4.59. The second-order valence-corrected chi connectivity index (χ2v) is 10.0. The van der Waals surface area contributed by atoms with Crippen molar-refractivity contribution in [3.05, 3.63) is 59.5 Å². The number of hydrogen-bond donors (Lipinski definition) is 3. The molecule has 1 saturated carbocycles. The summed E-state index contributed by atoms with van der Waals surface area (Å²) in [5, 5.41) is 30.4. The van der Waals surface area contributed by atoms with E-state index in [2.05, 4.69) is 18.2 Å². The Balaban J connectivity index is 1.65. The van der Waals surface area contributed by atoms with Crippen LogP contribution in [-0.4, -0.2) is 39.8 Å². The van der Waals surface area contributed by atoms with Crippen LogP contribution in [0.5, 0.6) is 0 Å². The van der Waals surface area contributed by atoms with Crippen molar-refractivity contribution < 1.29 is 24.9 Å². The average Bonchev–Trinajstić information content (AvgIpc) is 3.27. The van der Waals surface area contributed by atoms with Gasteiger partial charge in [-0.05, 0) is 42.7 Å². The van der Waals surface area contributed by atoms with Crippen molar-refractivity contribution in [2.75, 3.05) is 6.61 Å². The van der Waals surface area contributed by atoms with Crippen molar-refractivity contribution in [1.29, 1.82) is 0 Å². The first-order valence-electron chi connectivity index (χ1n) is 11.2. The summed E-state index contributed by atoms with van der Waals surface area (Å²) in [5.41, 5.74) is -0.529. The van der Waals surface area contributed by atoms with Crippen molar-refractivity contribution in [2.24, 2.45) is 17.3 Å². The van der Waals surface area contributed by atoms with E-state index in [1.54, 1.807) is 17.4 Å². The minimum atomic E-state index is -0.804. The van der Waals surface area contributed by atoms with Crippen molar-refractivity contribution >= 4 is 33.2 Å². The first-order chi connectivity index (χ1) is 15.3. The molecule has 2 aromatic rings. The van der Waals surface area contributed by atoms with Gasteiger partial charge in [0.25, 0.3) is 0 Å². The summed E-state index contributed by atoms with van der Waals surface area (Å²) in [6, 6.07) is 10.2. The van der Waals surface area contributed by atoms with Crippen LogP contribution in [0.2, 0.25) is 0 Å². The van der Waals surface area contributed by atoms with Gasteiger partial charge in [0.2, 0.25) is 0 Å². The number of thiophene rings is 1. The molecule has 1 heterocycles. The lowest BCUT2D eigenvalue weighted by atomic mass is 9.72. The molecule has 4 atom stereocenters. The Labute approximate surface area is 193 Å². The Morgan fingerprint density at radius 3 is 2.81 bits per heavy atom. The zero-order valence-electron chi connectivity index (χ0n) is 18.4. The van der Waals surface area contributed by atoms with Gasteiger partial charge in [0.05, 0.1) is 6.10 Å². The van der Waals surface area contributed by atoms with E-state index in [4.69, 9.17) is 5.11 Å². The molecular formula is C26H32O5S. The third-order valence-electron chi connectivity index (χ3n) is 6.55. The Bertz CT molecular complexity index is 958. The fraction of sp³-hybridized carbons (Fsp3) is 0.462. The number of Topliss-reactive ketones (excluding diaryl/α,β-unsaturated/α-hetero) is 1. The van der Waals surface area contributed by atoms with Gasteiger partial charge in [-0.3, -0.25) is 9.59 Å². The third kappa shape index (κ3) is 5.94. The van der Waals surface area contributed by atoms with Crippen LogP contribution in [0.25, 0.3) is 10.1 Å². The van der Waals surface area contributed by atoms with Gasteiger partial charge in [0.15, 0.2) is 0 Å². The van der Waals surface area contributed by atoms with Crippen molar-refractivity contribution in [3.63, 3.8) is 0 Å². The third-order valence-corrected chi connectivity index (χ3v) is 7.69. The quantitative estimate of drug-likeness (QED) is 0.335. The van der Waals surface area contributed by atoms with Crippen LogP contribution in [0.4, 0.5) is 0 Å². The Kier molecular flexibility index (Phi) is 8.40. The Morgan fingerprint density at radius 2 is 2.09 bits per heavy atom. The number of benzene rings is 1. The number of carboxylic acids is 1. The van der Waals surface area contributed by atoms with E-state index in [0.717, 1.165) is 4.88 Å². The first-order valence-corrected chi connectivity index (χ1v) is 12.0. The van der Waals surface area contributed by atoms with E-state index in [0.29, 0.717) is 32.1 Å². The van der Waals surface area contributed by atoms with Crippen molar-refractivity contribution in [1.82, 2.24) is 0 Å². The predicted molar refractivity (Wildman–Crippen MR) is 128 cm³/mol. The van der Waals surface area contributed by atoms with Crippen LogP contribution in [-0.2, 0) is 16.0 Å².